The number of rotatable bonds is 2. The molecule has 0 atom stereocenters. The first-order chi connectivity index (χ1) is 7.66. The minimum atomic E-state index is -0.0468. The number of nitrogen functional groups attached to an aromatic ring is 1. The Hall–Kier alpha value is -1.71. The number of amides is 2. The third kappa shape index (κ3) is 2.27. The summed E-state index contributed by atoms with van der Waals surface area (Å²) in [5.41, 5.74) is 7.06. The van der Waals surface area contributed by atoms with Crippen LogP contribution in [-0.2, 0) is 0 Å². The van der Waals surface area contributed by atoms with E-state index in [1.807, 2.05) is 19.2 Å². The minimum Gasteiger partial charge on any atom is -0.399 e. The van der Waals surface area contributed by atoms with Crippen molar-refractivity contribution in [3.05, 3.63) is 24.3 Å². The maximum absolute atomic E-state index is 11.8. The molecule has 0 aromatic heterocycles. The van der Waals surface area contributed by atoms with Gasteiger partial charge in [0.1, 0.15) is 0 Å². The fraction of sp³-hybridized carbons (Fsp3) is 0.417. The molecule has 0 spiro atoms. The Bertz CT molecular complexity index is 370. The molecule has 1 fully saturated rings. The van der Waals surface area contributed by atoms with Crippen LogP contribution in [0.2, 0.25) is 0 Å². The standard InChI is InChI=1S/C12H17N3O/c1-15(11-3-2-4-11)12(16)14-10-7-5-9(13)6-8-10/h5-8,11H,2-4,13H2,1H3,(H,14,16). The van der Waals surface area contributed by atoms with Gasteiger partial charge in [-0.3, -0.25) is 0 Å². The summed E-state index contributed by atoms with van der Waals surface area (Å²) in [7, 11) is 1.84. The second kappa shape index (κ2) is 4.43. The molecular formula is C12H17N3O. The molecule has 4 heteroatoms. The smallest absolute Gasteiger partial charge is 0.321 e. The SMILES string of the molecule is CN(C(=O)Nc1ccc(N)cc1)C1CCC1. The van der Waals surface area contributed by atoms with E-state index >= 15 is 0 Å². The fourth-order valence-electron chi connectivity index (χ4n) is 1.72. The Labute approximate surface area is 95.4 Å². The van der Waals surface area contributed by atoms with E-state index in [4.69, 9.17) is 5.73 Å². The highest BCUT2D eigenvalue weighted by Gasteiger charge is 2.25. The quantitative estimate of drug-likeness (QED) is 0.750. The largest absolute Gasteiger partial charge is 0.399 e. The third-order valence-corrected chi connectivity index (χ3v) is 3.10. The maximum atomic E-state index is 11.8. The van der Waals surface area contributed by atoms with Crippen LogP contribution in [0, 0.1) is 0 Å². The van der Waals surface area contributed by atoms with Gasteiger partial charge in [0.2, 0.25) is 0 Å². The molecule has 0 heterocycles. The number of nitrogens with one attached hydrogen (secondary N) is 1. The molecule has 0 unspecified atom stereocenters. The van der Waals surface area contributed by atoms with Crippen LogP contribution in [0.4, 0.5) is 16.2 Å². The number of carbonyl (C=O) groups is 1. The summed E-state index contributed by atoms with van der Waals surface area (Å²) < 4.78 is 0. The van der Waals surface area contributed by atoms with Crippen LogP contribution >= 0.6 is 0 Å². The Morgan fingerprint density at radius 2 is 2.00 bits per heavy atom. The molecule has 1 aliphatic carbocycles. The van der Waals surface area contributed by atoms with Crippen molar-refractivity contribution in [1.29, 1.82) is 0 Å². The summed E-state index contributed by atoms with van der Waals surface area (Å²) in [5.74, 6) is 0. The topological polar surface area (TPSA) is 58.4 Å². The molecule has 0 aliphatic heterocycles. The highest BCUT2D eigenvalue weighted by Crippen LogP contribution is 2.24. The summed E-state index contributed by atoms with van der Waals surface area (Å²) in [6.07, 6.45) is 3.46. The fourth-order valence-corrected chi connectivity index (χ4v) is 1.72. The summed E-state index contributed by atoms with van der Waals surface area (Å²) >= 11 is 0. The van der Waals surface area contributed by atoms with Crippen LogP contribution in [0.25, 0.3) is 0 Å². The van der Waals surface area contributed by atoms with Gasteiger partial charge in [-0.25, -0.2) is 4.79 Å². The van der Waals surface area contributed by atoms with E-state index in [9.17, 15) is 4.79 Å². The Morgan fingerprint density at radius 3 is 2.50 bits per heavy atom. The van der Waals surface area contributed by atoms with Crippen molar-refractivity contribution in [2.75, 3.05) is 18.1 Å². The molecule has 1 aliphatic rings. The van der Waals surface area contributed by atoms with E-state index in [-0.39, 0.29) is 6.03 Å². The molecule has 0 saturated heterocycles. The maximum Gasteiger partial charge on any atom is 0.321 e. The molecule has 86 valence electrons. The van der Waals surface area contributed by atoms with Crippen LogP contribution < -0.4 is 11.1 Å². The average molecular weight is 219 g/mol. The van der Waals surface area contributed by atoms with Gasteiger partial charge in [-0.2, -0.15) is 0 Å². The molecule has 1 aromatic carbocycles. The lowest BCUT2D eigenvalue weighted by Gasteiger charge is -2.34. The highest BCUT2D eigenvalue weighted by molar-refractivity contribution is 5.89. The van der Waals surface area contributed by atoms with E-state index in [2.05, 4.69) is 5.32 Å². The number of carbonyl (C=O) groups excluding carboxylic acids is 1. The normalized spacial score (nSPS) is 15.3. The number of benzene rings is 1. The van der Waals surface area contributed by atoms with E-state index < -0.39 is 0 Å². The van der Waals surface area contributed by atoms with Crippen molar-refractivity contribution in [1.82, 2.24) is 4.90 Å². The number of urea groups is 1. The van der Waals surface area contributed by atoms with Gasteiger partial charge in [0, 0.05) is 24.5 Å². The van der Waals surface area contributed by atoms with Crippen LogP contribution in [0.5, 0.6) is 0 Å². The predicted octanol–water partition coefficient (Wildman–Crippen LogP) is 2.29. The zero-order valence-electron chi connectivity index (χ0n) is 9.44. The summed E-state index contributed by atoms with van der Waals surface area (Å²) in [4.78, 5) is 13.6. The van der Waals surface area contributed by atoms with Crippen molar-refractivity contribution < 1.29 is 4.79 Å². The molecule has 0 bridgehead atoms. The van der Waals surface area contributed by atoms with Gasteiger partial charge in [0.05, 0.1) is 0 Å². The molecule has 1 aromatic rings. The van der Waals surface area contributed by atoms with E-state index in [1.165, 1.54) is 6.42 Å². The lowest BCUT2D eigenvalue weighted by Crippen LogP contribution is -2.43. The van der Waals surface area contributed by atoms with E-state index in [0.29, 0.717) is 11.7 Å². The van der Waals surface area contributed by atoms with Gasteiger partial charge in [-0.1, -0.05) is 0 Å². The van der Waals surface area contributed by atoms with Crippen LogP contribution in [-0.4, -0.2) is 24.0 Å². The molecule has 4 nitrogen and oxygen atoms in total. The molecule has 2 rings (SSSR count). The molecule has 2 amide bonds. The van der Waals surface area contributed by atoms with Crippen molar-refractivity contribution >= 4 is 17.4 Å². The number of hydrogen-bond donors (Lipinski definition) is 2. The van der Waals surface area contributed by atoms with Gasteiger partial charge in [0.25, 0.3) is 0 Å². The second-order valence-electron chi connectivity index (χ2n) is 4.25. The van der Waals surface area contributed by atoms with Gasteiger partial charge < -0.3 is 16.0 Å². The van der Waals surface area contributed by atoms with Gasteiger partial charge in [0.15, 0.2) is 0 Å². The lowest BCUT2D eigenvalue weighted by atomic mass is 9.92. The minimum absolute atomic E-state index is 0.0468. The third-order valence-electron chi connectivity index (χ3n) is 3.10. The second-order valence-corrected chi connectivity index (χ2v) is 4.25. The molecule has 1 saturated carbocycles. The van der Waals surface area contributed by atoms with Crippen molar-refractivity contribution in [3.8, 4) is 0 Å². The van der Waals surface area contributed by atoms with E-state index in [1.54, 1.807) is 17.0 Å². The zero-order valence-corrected chi connectivity index (χ0v) is 9.44. The predicted molar refractivity (Wildman–Crippen MR) is 65.3 cm³/mol. The highest BCUT2D eigenvalue weighted by atomic mass is 16.2. The van der Waals surface area contributed by atoms with Gasteiger partial charge in [-0.15, -0.1) is 0 Å². The van der Waals surface area contributed by atoms with Crippen molar-refractivity contribution in [2.45, 2.75) is 25.3 Å². The molecule has 3 N–H and O–H groups in total. The van der Waals surface area contributed by atoms with Crippen LogP contribution in [0.15, 0.2) is 24.3 Å². The molecule has 0 radical (unpaired) electrons. The van der Waals surface area contributed by atoms with Gasteiger partial charge in [-0.05, 0) is 43.5 Å². The molecule has 16 heavy (non-hydrogen) atoms. The zero-order chi connectivity index (χ0) is 11.5. The Balaban J connectivity index is 1.93. The first-order valence-corrected chi connectivity index (χ1v) is 5.56. The first-order valence-electron chi connectivity index (χ1n) is 5.56. The van der Waals surface area contributed by atoms with Crippen LogP contribution in [0.3, 0.4) is 0 Å². The number of anilines is 2. The van der Waals surface area contributed by atoms with Crippen LogP contribution in [0.1, 0.15) is 19.3 Å². The Kier molecular flexibility index (Phi) is 2.99. The number of nitrogens with zero attached hydrogens (tertiary/aromatic N) is 1. The van der Waals surface area contributed by atoms with E-state index in [0.717, 1.165) is 18.5 Å². The molecular weight excluding hydrogens is 202 g/mol. The monoisotopic (exact) mass is 219 g/mol. The van der Waals surface area contributed by atoms with Crippen molar-refractivity contribution in [2.24, 2.45) is 0 Å². The first kappa shape index (κ1) is 10.8. The van der Waals surface area contributed by atoms with Crippen molar-refractivity contribution in [3.63, 3.8) is 0 Å². The summed E-state index contributed by atoms with van der Waals surface area (Å²) in [6.45, 7) is 0. The number of nitrogens with two attached hydrogens (primary N) is 1. The average Bonchev–Trinajstić information content (AvgIpc) is 2.19. The van der Waals surface area contributed by atoms with Gasteiger partial charge >= 0.3 is 6.03 Å². The summed E-state index contributed by atoms with van der Waals surface area (Å²) in [5, 5.41) is 2.85. The lowest BCUT2D eigenvalue weighted by molar-refractivity contribution is 0.169. The summed E-state index contributed by atoms with van der Waals surface area (Å²) in [6, 6.07) is 7.53. The number of hydrogen-bond acceptors (Lipinski definition) is 2. The Morgan fingerprint density at radius 1 is 1.38 bits per heavy atom.